The maximum absolute atomic E-state index is 12.3. The summed E-state index contributed by atoms with van der Waals surface area (Å²) in [6.45, 7) is 8.00. The number of rotatable bonds is 6. The van der Waals surface area contributed by atoms with E-state index in [9.17, 15) is 4.79 Å². The zero-order valence-corrected chi connectivity index (χ0v) is 15.5. The van der Waals surface area contributed by atoms with E-state index in [1.807, 2.05) is 6.07 Å². The van der Waals surface area contributed by atoms with Crippen LogP contribution in [-0.4, -0.2) is 46.7 Å². The van der Waals surface area contributed by atoms with Crippen LogP contribution in [0.2, 0.25) is 0 Å². The van der Waals surface area contributed by atoms with E-state index >= 15 is 0 Å². The Hall–Kier alpha value is -2.09. The first-order valence-electron chi connectivity index (χ1n) is 9.08. The average molecular weight is 369 g/mol. The fourth-order valence-corrected chi connectivity index (χ4v) is 4.67. The molecular formula is C19H23N5OS. The standard InChI is InChI=1S/C19H23N5OS/c1-21-16-6-7-18(23-11-16)26-13-14-4-5-15(9-14)22-12-19(25)24-8-2-3-17(24)10-20/h6-7,11,14-15,17,22H,2-5,8-9,12-13H2/t14?,15?,17-/m0/s1. The van der Waals surface area contributed by atoms with Crippen molar-refractivity contribution in [1.82, 2.24) is 15.2 Å². The lowest BCUT2D eigenvalue weighted by Crippen LogP contribution is -2.42. The molecule has 2 fully saturated rings. The molecule has 0 aromatic carbocycles. The molecular weight excluding hydrogens is 346 g/mol. The normalized spacial score (nSPS) is 25.0. The van der Waals surface area contributed by atoms with Gasteiger partial charge in [-0.15, -0.1) is 11.8 Å². The van der Waals surface area contributed by atoms with Crippen molar-refractivity contribution in [3.63, 3.8) is 0 Å². The Morgan fingerprint density at radius 1 is 1.46 bits per heavy atom. The summed E-state index contributed by atoms with van der Waals surface area (Å²) < 4.78 is 0. The van der Waals surface area contributed by atoms with E-state index in [-0.39, 0.29) is 11.9 Å². The zero-order valence-electron chi connectivity index (χ0n) is 14.7. The van der Waals surface area contributed by atoms with Crippen LogP contribution in [0.4, 0.5) is 5.69 Å². The SMILES string of the molecule is [C-]#[N+]c1ccc(SCC2CCC(NCC(=O)N3CCC[C@H]3C#N)C2)nc1. The van der Waals surface area contributed by atoms with E-state index in [0.29, 0.717) is 30.7 Å². The van der Waals surface area contributed by atoms with Gasteiger partial charge in [-0.05, 0) is 44.1 Å². The fraction of sp³-hybridized carbons (Fsp3) is 0.579. The van der Waals surface area contributed by atoms with Crippen molar-refractivity contribution in [3.05, 3.63) is 29.7 Å². The highest BCUT2D eigenvalue weighted by molar-refractivity contribution is 7.99. The minimum Gasteiger partial charge on any atom is -0.326 e. The molecule has 2 aliphatic rings. The van der Waals surface area contributed by atoms with Gasteiger partial charge in [0.1, 0.15) is 6.04 Å². The second-order valence-corrected chi connectivity index (χ2v) is 7.95. The summed E-state index contributed by atoms with van der Waals surface area (Å²) in [6, 6.07) is 6.08. The molecule has 1 aromatic heterocycles. The molecule has 1 amide bonds. The Morgan fingerprint density at radius 3 is 3.08 bits per heavy atom. The highest BCUT2D eigenvalue weighted by Crippen LogP contribution is 2.31. The molecule has 3 rings (SSSR count). The molecule has 7 heteroatoms. The van der Waals surface area contributed by atoms with Crippen LogP contribution in [0.3, 0.4) is 0 Å². The van der Waals surface area contributed by atoms with Crippen LogP contribution >= 0.6 is 11.8 Å². The monoisotopic (exact) mass is 369 g/mol. The Morgan fingerprint density at radius 2 is 2.35 bits per heavy atom. The first-order chi connectivity index (χ1) is 12.7. The van der Waals surface area contributed by atoms with Gasteiger partial charge < -0.3 is 10.2 Å². The zero-order chi connectivity index (χ0) is 18.4. The lowest BCUT2D eigenvalue weighted by molar-refractivity contribution is -0.130. The summed E-state index contributed by atoms with van der Waals surface area (Å²) in [5.41, 5.74) is 0.570. The van der Waals surface area contributed by atoms with E-state index in [1.54, 1.807) is 28.9 Å². The second kappa shape index (κ2) is 9.02. The molecule has 3 atom stereocenters. The fourth-order valence-electron chi connectivity index (χ4n) is 3.67. The molecule has 1 aromatic rings. The summed E-state index contributed by atoms with van der Waals surface area (Å²) in [7, 11) is 0. The number of nitrogens with zero attached hydrogens (tertiary/aromatic N) is 4. The lowest BCUT2D eigenvalue weighted by Gasteiger charge is -2.21. The van der Waals surface area contributed by atoms with Crippen LogP contribution in [0, 0.1) is 23.8 Å². The van der Waals surface area contributed by atoms with Gasteiger partial charge in [0.25, 0.3) is 0 Å². The topological polar surface area (TPSA) is 73.4 Å². The van der Waals surface area contributed by atoms with Crippen molar-refractivity contribution in [2.24, 2.45) is 5.92 Å². The Bertz CT molecular complexity index is 708. The number of aromatic nitrogens is 1. The largest absolute Gasteiger partial charge is 0.326 e. The van der Waals surface area contributed by atoms with E-state index in [0.717, 1.165) is 42.9 Å². The maximum Gasteiger partial charge on any atom is 0.237 e. The van der Waals surface area contributed by atoms with Gasteiger partial charge in [-0.3, -0.25) is 9.78 Å². The van der Waals surface area contributed by atoms with Crippen molar-refractivity contribution in [1.29, 1.82) is 5.26 Å². The van der Waals surface area contributed by atoms with E-state index in [2.05, 4.69) is 21.2 Å². The van der Waals surface area contributed by atoms with Gasteiger partial charge in [0.2, 0.25) is 11.6 Å². The molecule has 1 saturated heterocycles. The lowest BCUT2D eigenvalue weighted by atomic mass is 10.1. The van der Waals surface area contributed by atoms with E-state index in [4.69, 9.17) is 11.8 Å². The number of nitrogens with one attached hydrogen (secondary N) is 1. The van der Waals surface area contributed by atoms with Crippen LogP contribution < -0.4 is 5.32 Å². The predicted octanol–water partition coefficient (Wildman–Crippen LogP) is 3.00. The van der Waals surface area contributed by atoms with E-state index < -0.39 is 0 Å². The predicted molar refractivity (Wildman–Crippen MR) is 101 cm³/mol. The smallest absolute Gasteiger partial charge is 0.237 e. The van der Waals surface area contributed by atoms with Crippen molar-refractivity contribution >= 4 is 23.4 Å². The molecule has 0 spiro atoms. The van der Waals surface area contributed by atoms with Crippen LogP contribution in [0.1, 0.15) is 32.1 Å². The second-order valence-electron chi connectivity index (χ2n) is 6.91. The summed E-state index contributed by atoms with van der Waals surface area (Å²) >= 11 is 1.73. The van der Waals surface area contributed by atoms with Crippen LogP contribution in [0.5, 0.6) is 0 Å². The average Bonchev–Trinajstić information content (AvgIpc) is 3.34. The van der Waals surface area contributed by atoms with Gasteiger partial charge in [0, 0.05) is 24.5 Å². The third kappa shape index (κ3) is 4.75. The highest BCUT2D eigenvalue weighted by Gasteiger charge is 2.30. The summed E-state index contributed by atoms with van der Waals surface area (Å²) in [5, 5.41) is 13.4. The Kier molecular flexibility index (Phi) is 6.49. The summed E-state index contributed by atoms with van der Waals surface area (Å²) in [6.07, 6.45) is 6.66. The van der Waals surface area contributed by atoms with Gasteiger partial charge >= 0.3 is 0 Å². The Labute approximate surface area is 158 Å². The molecule has 1 saturated carbocycles. The molecule has 2 heterocycles. The molecule has 0 radical (unpaired) electrons. The number of likely N-dealkylation sites (tertiary alicyclic amines) is 1. The third-order valence-electron chi connectivity index (χ3n) is 5.12. The number of amides is 1. The van der Waals surface area contributed by atoms with Gasteiger partial charge in [0.05, 0.1) is 24.2 Å². The minimum atomic E-state index is -0.237. The number of carbonyl (C=O) groups excluding carboxylic acids is 1. The molecule has 6 nitrogen and oxygen atoms in total. The van der Waals surface area contributed by atoms with Gasteiger partial charge in [0.15, 0.2) is 0 Å². The van der Waals surface area contributed by atoms with Crippen LogP contribution in [0.25, 0.3) is 4.85 Å². The van der Waals surface area contributed by atoms with Crippen molar-refractivity contribution < 1.29 is 4.79 Å². The first kappa shape index (κ1) is 18.7. The number of carbonyl (C=O) groups is 1. The number of pyridine rings is 1. The molecule has 1 aliphatic carbocycles. The third-order valence-corrected chi connectivity index (χ3v) is 6.30. The highest BCUT2D eigenvalue weighted by atomic mass is 32.2. The maximum atomic E-state index is 12.3. The molecule has 1 N–H and O–H groups in total. The molecule has 2 unspecified atom stereocenters. The van der Waals surface area contributed by atoms with E-state index in [1.165, 1.54) is 0 Å². The van der Waals surface area contributed by atoms with Gasteiger partial charge in [-0.2, -0.15) is 5.26 Å². The molecule has 26 heavy (non-hydrogen) atoms. The molecule has 1 aliphatic heterocycles. The van der Waals surface area contributed by atoms with Crippen LogP contribution in [0.15, 0.2) is 23.4 Å². The van der Waals surface area contributed by atoms with Gasteiger partial charge in [-0.25, -0.2) is 4.85 Å². The quantitative estimate of drug-likeness (QED) is 0.616. The number of thioether (sulfide) groups is 1. The molecule has 136 valence electrons. The van der Waals surface area contributed by atoms with Crippen molar-refractivity contribution in [2.75, 3.05) is 18.8 Å². The van der Waals surface area contributed by atoms with Crippen molar-refractivity contribution in [3.8, 4) is 6.07 Å². The minimum absolute atomic E-state index is 0.0518. The molecule has 0 bridgehead atoms. The van der Waals surface area contributed by atoms with Crippen molar-refractivity contribution in [2.45, 2.75) is 49.2 Å². The van der Waals surface area contributed by atoms with Gasteiger partial charge in [-0.1, -0.05) is 6.07 Å². The first-order valence-corrected chi connectivity index (χ1v) is 10.1. The number of hydrogen-bond acceptors (Lipinski definition) is 5. The summed E-state index contributed by atoms with van der Waals surface area (Å²) in [4.78, 5) is 21.7. The summed E-state index contributed by atoms with van der Waals surface area (Å²) in [5.74, 6) is 1.68. The Balaban J connectivity index is 1.38. The van der Waals surface area contributed by atoms with Crippen LogP contribution in [-0.2, 0) is 4.79 Å². The number of hydrogen-bond donors (Lipinski definition) is 1. The number of nitriles is 1.